The van der Waals surface area contributed by atoms with Crippen molar-refractivity contribution in [3.8, 4) is 0 Å². The Hall–Kier alpha value is -1.55. The van der Waals surface area contributed by atoms with E-state index < -0.39 is 0 Å². The van der Waals surface area contributed by atoms with Crippen LogP contribution in [0.25, 0.3) is 0 Å². The minimum absolute atomic E-state index is 0.0951. The van der Waals surface area contributed by atoms with Crippen molar-refractivity contribution in [2.24, 2.45) is 0 Å². The summed E-state index contributed by atoms with van der Waals surface area (Å²) >= 11 is 0. The van der Waals surface area contributed by atoms with E-state index >= 15 is 0 Å². The highest BCUT2D eigenvalue weighted by molar-refractivity contribution is 5.91. The largest absolute Gasteiger partial charge is 0.385 e. The summed E-state index contributed by atoms with van der Waals surface area (Å²) in [6.07, 6.45) is 0.824. The van der Waals surface area contributed by atoms with E-state index in [0.29, 0.717) is 13.2 Å². The Morgan fingerprint density at radius 3 is 2.69 bits per heavy atom. The van der Waals surface area contributed by atoms with Gasteiger partial charge in [-0.15, -0.1) is 0 Å². The third-order valence-corrected chi connectivity index (χ3v) is 2.25. The highest BCUT2D eigenvalue weighted by Crippen LogP contribution is 2.10. The molecule has 0 radical (unpaired) electrons. The summed E-state index contributed by atoms with van der Waals surface area (Å²) in [7, 11) is 3.40. The predicted octanol–water partition coefficient (Wildman–Crippen LogP) is 1.87. The molecular weight excluding hydrogens is 204 g/mol. The summed E-state index contributed by atoms with van der Waals surface area (Å²) in [5.41, 5.74) is 0.881. The molecule has 0 heterocycles. The molecule has 0 atom stereocenters. The molecule has 1 aromatic rings. The van der Waals surface area contributed by atoms with Gasteiger partial charge in [0, 0.05) is 33.0 Å². The number of amides is 2. The molecule has 0 saturated carbocycles. The van der Waals surface area contributed by atoms with Crippen molar-refractivity contribution < 1.29 is 9.53 Å². The molecule has 0 spiro atoms. The molecule has 0 bridgehead atoms. The van der Waals surface area contributed by atoms with Crippen LogP contribution in [0.5, 0.6) is 0 Å². The second-order valence-electron chi connectivity index (χ2n) is 3.47. The normalized spacial score (nSPS) is 9.88. The van der Waals surface area contributed by atoms with Gasteiger partial charge in [0.25, 0.3) is 0 Å². The van der Waals surface area contributed by atoms with Crippen LogP contribution in [0.15, 0.2) is 30.3 Å². The lowest BCUT2D eigenvalue weighted by atomic mass is 10.3. The van der Waals surface area contributed by atoms with E-state index in [1.165, 1.54) is 0 Å². The highest BCUT2D eigenvalue weighted by Gasteiger charge is 2.08. The van der Waals surface area contributed by atoms with Gasteiger partial charge in [-0.3, -0.25) is 4.90 Å². The van der Waals surface area contributed by atoms with Gasteiger partial charge in [-0.25, -0.2) is 4.79 Å². The van der Waals surface area contributed by atoms with Gasteiger partial charge in [0.05, 0.1) is 0 Å². The molecule has 0 aromatic heterocycles. The van der Waals surface area contributed by atoms with Crippen molar-refractivity contribution >= 4 is 11.7 Å². The Balaban J connectivity index is 2.37. The van der Waals surface area contributed by atoms with Crippen LogP contribution in [0.3, 0.4) is 0 Å². The van der Waals surface area contributed by atoms with Gasteiger partial charge in [0.15, 0.2) is 0 Å². The summed E-state index contributed by atoms with van der Waals surface area (Å²) in [5.74, 6) is 0. The third-order valence-electron chi connectivity index (χ3n) is 2.25. The molecule has 1 aromatic carbocycles. The zero-order chi connectivity index (χ0) is 11.8. The summed E-state index contributed by atoms with van der Waals surface area (Å²) < 4.78 is 4.90. The summed E-state index contributed by atoms with van der Waals surface area (Å²) in [4.78, 5) is 13.3. The van der Waals surface area contributed by atoms with Crippen LogP contribution in [0.2, 0.25) is 0 Å². The number of nitrogens with one attached hydrogen (secondary N) is 1. The smallest absolute Gasteiger partial charge is 0.321 e. The van der Waals surface area contributed by atoms with Crippen molar-refractivity contribution in [2.45, 2.75) is 6.42 Å². The molecule has 0 unspecified atom stereocenters. The molecule has 88 valence electrons. The molecule has 0 aliphatic carbocycles. The first-order valence-electron chi connectivity index (χ1n) is 5.31. The average molecular weight is 222 g/mol. The number of nitrogens with zero attached hydrogens (tertiary/aromatic N) is 1. The number of urea groups is 1. The lowest BCUT2D eigenvalue weighted by molar-refractivity contribution is 0.194. The van der Waals surface area contributed by atoms with Crippen LogP contribution in [-0.4, -0.2) is 33.3 Å². The number of benzene rings is 1. The maximum Gasteiger partial charge on any atom is 0.321 e. The summed E-state index contributed by atoms with van der Waals surface area (Å²) in [6, 6.07) is 9.44. The lowest BCUT2D eigenvalue weighted by Crippen LogP contribution is -2.37. The fourth-order valence-electron chi connectivity index (χ4n) is 1.30. The first kappa shape index (κ1) is 12.5. The molecule has 1 N–H and O–H groups in total. The third kappa shape index (κ3) is 3.90. The van der Waals surface area contributed by atoms with Crippen LogP contribution in [0.4, 0.5) is 10.5 Å². The SMILES string of the molecule is COCCCNC(=O)N(C)c1ccccc1. The maximum atomic E-state index is 11.7. The van der Waals surface area contributed by atoms with Crippen LogP contribution in [-0.2, 0) is 4.74 Å². The maximum absolute atomic E-state index is 11.7. The van der Waals surface area contributed by atoms with E-state index in [9.17, 15) is 4.79 Å². The number of hydrogen-bond acceptors (Lipinski definition) is 2. The minimum atomic E-state index is -0.0951. The zero-order valence-corrected chi connectivity index (χ0v) is 9.77. The molecule has 4 nitrogen and oxygen atoms in total. The Bertz CT molecular complexity index is 314. The van der Waals surface area contributed by atoms with Crippen LogP contribution in [0.1, 0.15) is 6.42 Å². The molecule has 1 rings (SSSR count). The van der Waals surface area contributed by atoms with Gasteiger partial charge >= 0.3 is 6.03 Å². The van der Waals surface area contributed by atoms with Crippen LogP contribution in [0, 0.1) is 0 Å². The Kier molecular flexibility index (Phi) is 5.36. The summed E-state index contributed by atoms with van der Waals surface area (Å²) in [5, 5.41) is 2.82. The Morgan fingerprint density at radius 2 is 2.06 bits per heavy atom. The van der Waals surface area contributed by atoms with E-state index in [-0.39, 0.29) is 6.03 Å². The number of rotatable bonds is 5. The number of para-hydroxylation sites is 1. The first-order chi connectivity index (χ1) is 7.75. The second kappa shape index (κ2) is 6.85. The molecule has 0 fully saturated rings. The number of anilines is 1. The average Bonchev–Trinajstić information content (AvgIpc) is 2.34. The van der Waals surface area contributed by atoms with Crippen molar-refractivity contribution in [3.63, 3.8) is 0 Å². The quantitative estimate of drug-likeness (QED) is 0.773. The van der Waals surface area contributed by atoms with Crippen LogP contribution >= 0.6 is 0 Å². The standard InChI is InChI=1S/C12H18N2O2/c1-14(11-7-4-3-5-8-11)12(15)13-9-6-10-16-2/h3-5,7-8H,6,9-10H2,1-2H3,(H,13,15). The van der Waals surface area contributed by atoms with E-state index in [1.54, 1.807) is 19.1 Å². The fraction of sp³-hybridized carbons (Fsp3) is 0.417. The highest BCUT2D eigenvalue weighted by atomic mass is 16.5. The Morgan fingerprint density at radius 1 is 1.38 bits per heavy atom. The number of carbonyl (C=O) groups excluding carboxylic acids is 1. The van der Waals surface area contributed by atoms with E-state index in [2.05, 4.69) is 5.32 Å². The Labute approximate surface area is 96.2 Å². The molecule has 2 amide bonds. The van der Waals surface area contributed by atoms with Gasteiger partial charge in [-0.1, -0.05) is 18.2 Å². The van der Waals surface area contributed by atoms with Crippen molar-refractivity contribution in [3.05, 3.63) is 30.3 Å². The molecule has 0 aliphatic heterocycles. The van der Waals surface area contributed by atoms with Gasteiger partial charge < -0.3 is 10.1 Å². The fourth-order valence-corrected chi connectivity index (χ4v) is 1.30. The van der Waals surface area contributed by atoms with Gasteiger partial charge in [0.2, 0.25) is 0 Å². The van der Waals surface area contributed by atoms with Crippen molar-refractivity contribution in [2.75, 3.05) is 32.2 Å². The predicted molar refractivity (Wildman–Crippen MR) is 64.7 cm³/mol. The first-order valence-corrected chi connectivity index (χ1v) is 5.31. The lowest BCUT2D eigenvalue weighted by Gasteiger charge is -2.17. The number of methoxy groups -OCH3 is 1. The number of hydrogen-bond donors (Lipinski definition) is 1. The molecule has 0 aliphatic rings. The zero-order valence-electron chi connectivity index (χ0n) is 9.77. The molecule has 4 heteroatoms. The number of carbonyl (C=O) groups is 1. The minimum Gasteiger partial charge on any atom is -0.385 e. The van der Waals surface area contributed by atoms with Gasteiger partial charge in [0.1, 0.15) is 0 Å². The summed E-state index contributed by atoms with van der Waals surface area (Å²) in [6.45, 7) is 1.29. The molecular formula is C12H18N2O2. The van der Waals surface area contributed by atoms with E-state index in [1.807, 2.05) is 30.3 Å². The van der Waals surface area contributed by atoms with Crippen LogP contribution < -0.4 is 10.2 Å². The van der Waals surface area contributed by atoms with Gasteiger partial charge in [-0.05, 0) is 18.6 Å². The monoisotopic (exact) mass is 222 g/mol. The van der Waals surface area contributed by atoms with E-state index in [4.69, 9.17) is 4.74 Å². The molecule has 0 saturated heterocycles. The topological polar surface area (TPSA) is 41.6 Å². The second-order valence-corrected chi connectivity index (χ2v) is 3.47. The van der Waals surface area contributed by atoms with E-state index in [0.717, 1.165) is 12.1 Å². The van der Waals surface area contributed by atoms with Crippen molar-refractivity contribution in [1.29, 1.82) is 0 Å². The molecule has 16 heavy (non-hydrogen) atoms. The number of ether oxygens (including phenoxy) is 1. The van der Waals surface area contributed by atoms with Crippen molar-refractivity contribution in [1.82, 2.24) is 5.32 Å². The van der Waals surface area contributed by atoms with Gasteiger partial charge in [-0.2, -0.15) is 0 Å².